The molecule has 1 aromatic carbocycles. The Bertz CT molecular complexity index is 1210. The number of carbonyl (C=O) groups excluding carboxylic acids is 4. The van der Waals surface area contributed by atoms with Gasteiger partial charge in [-0.3, -0.25) is 24.2 Å². The van der Waals surface area contributed by atoms with Crippen LogP contribution >= 0.6 is 0 Å². The van der Waals surface area contributed by atoms with Gasteiger partial charge in [-0.1, -0.05) is 30.3 Å². The third-order valence-corrected chi connectivity index (χ3v) is 8.72. The van der Waals surface area contributed by atoms with Gasteiger partial charge >= 0.3 is 0 Å². The third kappa shape index (κ3) is 12.8. The zero-order chi connectivity index (χ0) is 32.6. The average molecular weight is 652 g/mol. The van der Waals surface area contributed by atoms with Crippen molar-refractivity contribution in [3.63, 3.8) is 0 Å². The van der Waals surface area contributed by atoms with Gasteiger partial charge in [0.1, 0.15) is 18.1 Å². The molecule has 244 valence electrons. The van der Waals surface area contributed by atoms with E-state index < -0.39 is 57.6 Å². The van der Waals surface area contributed by atoms with Gasteiger partial charge in [-0.2, -0.15) is 0 Å². The minimum atomic E-state index is -1.09. The fourth-order valence-electron chi connectivity index (χ4n) is 4.31. The van der Waals surface area contributed by atoms with E-state index in [1.165, 1.54) is 0 Å². The Labute approximate surface area is 265 Å². The molecule has 44 heavy (non-hydrogen) atoms. The van der Waals surface area contributed by atoms with Crippen molar-refractivity contribution in [2.75, 3.05) is 20.1 Å². The quantitative estimate of drug-likeness (QED) is 0.0424. The number of rotatable bonds is 19. The molecule has 0 fully saturated rings. The number of guanidine groups is 1. The van der Waals surface area contributed by atoms with Crippen LogP contribution in [-0.4, -0.2) is 78.2 Å². The fourth-order valence-corrected chi connectivity index (χ4v) is 5.49. The van der Waals surface area contributed by atoms with Crippen molar-refractivity contribution in [3.05, 3.63) is 47.8 Å². The SMILES string of the molecule is CN1C=C(CC(NC(=O)C(N)CCCN=C(N)N)C(=O)NC(CCCCN)C(=O)NC(Cc2ccccc2)C(N)=O)NS1=S. The lowest BCUT2D eigenvalue weighted by atomic mass is 10.0. The van der Waals surface area contributed by atoms with E-state index in [4.69, 9.17) is 39.9 Å². The van der Waals surface area contributed by atoms with Gasteiger partial charge in [-0.05, 0) is 55.4 Å². The van der Waals surface area contributed by atoms with Crippen molar-refractivity contribution in [1.29, 1.82) is 0 Å². The summed E-state index contributed by atoms with van der Waals surface area (Å²) in [5, 5.41) is 8.14. The molecule has 0 bridgehead atoms. The first-order valence-electron chi connectivity index (χ1n) is 14.3. The number of hydrogen-bond donors (Lipinski definition) is 9. The highest BCUT2D eigenvalue weighted by Gasteiger charge is 2.31. The topological polar surface area (TPSA) is 262 Å². The van der Waals surface area contributed by atoms with Crippen LogP contribution in [0.3, 0.4) is 0 Å². The molecule has 17 heteroatoms. The van der Waals surface area contributed by atoms with Crippen molar-refractivity contribution < 1.29 is 19.2 Å². The summed E-state index contributed by atoms with van der Waals surface area (Å²) in [5.41, 5.74) is 29.4. The lowest BCUT2D eigenvalue weighted by Crippen LogP contribution is -2.58. The summed E-state index contributed by atoms with van der Waals surface area (Å²) >= 11 is 5.35. The van der Waals surface area contributed by atoms with Gasteiger partial charge < -0.3 is 53.6 Å². The first-order valence-corrected chi connectivity index (χ1v) is 16.4. The molecule has 0 spiro atoms. The average Bonchev–Trinajstić information content (AvgIpc) is 3.30. The van der Waals surface area contributed by atoms with E-state index in [1.54, 1.807) is 17.6 Å². The summed E-state index contributed by atoms with van der Waals surface area (Å²) in [4.78, 5) is 56.1. The van der Waals surface area contributed by atoms with Crippen molar-refractivity contribution in [3.8, 4) is 0 Å². The smallest absolute Gasteiger partial charge is 0.243 e. The molecule has 4 amide bonds. The predicted molar refractivity (Wildman–Crippen MR) is 174 cm³/mol. The Morgan fingerprint density at radius 1 is 0.909 bits per heavy atom. The number of carbonyl (C=O) groups is 4. The minimum Gasteiger partial charge on any atom is -0.370 e. The van der Waals surface area contributed by atoms with Gasteiger partial charge in [-0.25, -0.2) is 0 Å². The van der Waals surface area contributed by atoms with E-state index in [0.29, 0.717) is 38.0 Å². The molecular formula is C27H45N11O4S2. The highest BCUT2D eigenvalue weighted by Crippen LogP contribution is 2.14. The van der Waals surface area contributed by atoms with Gasteiger partial charge in [0.05, 0.1) is 15.9 Å². The predicted octanol–water partition coefficient (Wildman–Crippen LogP) is -2.64. The van der Waals surface area contributed by atoms with Crippen LogP contribution in [0.2, 0.25) is 0 Å². The summed E-state index contributed by atoms with van der Waals surface area (Å²) in [7, 11) is 1.08. The minimum absolute atomic E-state index is 0.0601. The van der Waals surface area contributed by atoms with E-state index >= 15 is 0 Å². The van der Waals surface area contributed by atoms with Crippen LogP contribution in [0.25, 0.3) is 0 Å². The van der Waals surface area contributed by atoms with Crippen LogP contribution in [0, 0.1) is 0 Å². The van der Waals surface area contributed by atoms with Crippen molar-refractivity contribution >= 4 is 50.6 Å². The molecule has 1 aliphatic heterocycles. The van der Waals surface area contributed by atoms with Crippen LogP contribution in [0.5, 0.6) is 0 Å². The molecule has 1 heterocycles. The number of benzene rings is 1. The van der Waals surface area contributed by atoms with Crippen LogP contribution in [0.1, 0.15) is 44.1 Å². The highest BCUT2D eigenvalue weighted by molar-refractivity contribution is 8.26. The summed E-state index contributed by atoms with van der Waals surface area (Å²) < 4.78 is 4.88. The van der Waals surface area contributed by atoms with E-state index in [9.17, 15) is 19.2 Å². The second kappa shape index (κ2) is 18.8. The van der Waals surface area contributed by atoms with Gasteiger partial charge in [0.15, 0.2) is 5.96 Å². The van der Waals surface area contributed by atoms with Gasteiger partial charge in [0, 0.05) is 38.3 Å². The molecule has 0 aromatic heterocycles. The van der Waals surface area contributed by atoms with Gasteiger partial charge in [-0.15, -0.1) is 0 Å². The summed E-state index contributed by atoms with van der Waals surface area (Å²) in [6.07, 6.45) is 4.12. The number of nitrogens with zero attached hydrogens (tertiary/aromatic N) is 2. The normalized spacial score (nSPS) is 16.8. The molecule has 5 atom stereocenters. The molecule has 2 rings (SSSR count). The Hall–Kier alpha value is -3.80. The van der Waals surface area contributed by atoms with Crippen LogP contribution in [0.4, 0.5) is 0 Å². The Kier molecular flexibility index (Phi) is 15.5. The summed E-state index contributed by atoms with van der Waals surface area (Å²) in [5.74, 6) is -2.52. The van der Waals surface area contributed by atoms with Crippen LogP contribution < -0.4 is 49.3 Å². The maximum absolute atomic E-state index is 13.6. The van der Waals surface area contributed by atoms with Crippen molar-refractivity contribution in [1.82, 2.24) is 25.0 Å². The zero-order valence-electron chi connectivity index (χ0n) is 24.9. The monoisotopic (exact) mass is 651 g/mol. The largest absolute Gasteiger partial charge is 0.370 e. The number of aliphatic imine (C=N–C) groups is 1. The second-order valence-corrected chi connectivity index (χ2v) is 12.6. The van der Waals surface area contributed by atoms with E-state index in [1.807, 2.05) is 30.3 Å². The standard InChI is InChI=1S/C27H45N11O4S2/c1-38-16-18(37-44(38)43)15-22(36-24(40)19(29)10-7-13-33-27(31)32)26(42)34-20(11-5-6-12-28)25(41)35-21(23(30)39)14-17-8-3-2-4-9-17/h2-4,8-9,16,19-22,37H,5-7,10-15,28-29H2,1H3,(H2,30,39)(H,34,42)(H,35,41)(H,36,40)(H4,31,32,33). The zero-order valence-corrected chi connectivity index (χ0v) is 26.5. The molecule has 15 nitrogen and oxygen atoms in total. The maximum Gasteiger partial charge on any atom is 0.243 e. The molecule has 0 saturated carbocycles. The molecule has 0 radical (unpaired) electrons. The number of nitrogens with one attached hydrogen (secondary N) is 4. The summed E-state index contributed by atoms with van der Waals surface area (Å²) in [6.45, 7) is 0.698. The van der Waals surface area contributed by atoms with E-state index in [-0.39, 0.29) is 31.6 Å². The highest BCUT2D eigenvalue weighted by atomic mass is 32.8. The maximum atomic E-state index is 13.6. The number of hydrogen-bond acceptors (Lipinski definition) is 8. The second-order valence-electron chi connectivity index (χ2n) is 10.4. The Balaban J connectivity index is 2.20. The first-order chi connectivity index (χ1) is 20.9. The molecule has 1 aliphatic rings. The molecule has 5 unspecified atom stereocenters. The van der Waals surface area contributed by atoms with Gasteiger partial charge in [0.25, 0.3) is 0 Å². The Morgan fingerprint density at radius 2 is 1.55 bits per heavy atom. The van der Waals surface area contributed by atoms with Crippen molar-refractivity contribution in [2.24, 2.45) is 33.7 Å². The number of amides is 4. The van der Waals surface area contributed by atoms with Crippen LogP contribution in [-0.2, 0) is 46.6 Å². The molecule has 14 N–H and O–H groups in total. The molecule has 1 aromatic rings. The molecular weight excluding hydrogens is 607 g/mol. The lowest BCUT2D eigenvalue weighted by molar-refractivity contribution is -0.133. The van der Waals surface area contributed by atoms with E-state index in [0.717, 1.165) is 5.56 Å². The van der Waals surface area contributed by atoms with Crippen LogP contribution in [0.15, 0.2) is 47.2 Å². The lowest BCUT2D eigenvalue weighted by Gasteiger charge is -2.26. The number of unbranched alkanes of at least 4 members (excludes halogenated alkanes) is 1. The fraction of sp³-hybridized carbons (Fsp3) is 0.519. The van der Waals surface area contributed by atoms with Gasteiger partial charge in [0.2, 0.25) is 23.6 Å². The number of nitrogens with two attached hydrogens (primary N) is 5. The molecule has 0 saturated heterocycles. The first kappa shape index (κ1) is 36.4. The molecule has 0 aliphatic carbocycles. The third-order valence-electron chi connectivity index (χ3n) is 6.70. The summed E-state index contributed by atoms with van der Waals surface area (Å²) in [6, 6.07) is 5.05. The van der Waals surface area contributed by atoms with E-state index in [2.05, 4.69) is 25.7 Å². The number of primary amides is 1. The van der Waals surface area contributed by atoms with Crippen molar-refractivity contribution in [2.45, 2.75) is 69.1 Å². The Morgan fingerprint density at radius 3 is 2.14 bits per heavy atom.